The van der Waals surface area contributed by atoms with E-state index in [-0.39, 0.29) is 31.0 Å². The minimum Gasteiger partial charge on any atom is -0.467 e. The van der Waals surface area contributed by atoms with Gasteiger partial charge in [-0.2, -0.15) is 15.0 Å². The smallest absolute Gasteiger partial charge is 0.414 e. The summed E-state index contributed by atoms with van der Waals surface area (Å²) in [6, 6.07) is 5.17. The topological polar surface area (TPSA) is 116 Å². The Labute approximate surface area is 215 Å². The first kappa shape index (κ1) is 26.2. The normalized spacial score (nSPS) is 17.8. The van der Waals surface area contributed by atoms with E-state index in [9.17, 15) is 9.59 Å². The highest BCUT2D eigenvalue weighted by molar-refractivity contribution is 5.90. The van der Waals surface area contributed by atoms with Crippen LogP contribution in [0.2, 0.25) is 0 Å². The summed E-state index contributed by atoms with van der Waals surface area (Å²) in [5, 5.41) is 2.63. The predicted octanol–water partition coefficient (Wildman–Crippen LogP) is 1.65. The van der Waals surface area contributed by atoms with Crippen molar-refractivity contribution in [2.45, 2.75) is 32.9 Å². The summed E-state index contributed by atoms with van der Waals surface area (Å²) in [6.45, 7) is 8.23. The first-order chi connectivity index (χ1) is 17.7. The standard InChI is InChI=1S/C24H33FN8O4/c1-15(2)30(4)21-27-22(29-23(28-21)36-5)32-10-8-31(9-11-32)20-7-6-17(12-19(20)25)33-14-18(37-24(33)35)13-26-16(3)34/h6-7,12,15,18H,8-11,13-14H2,1-5H3,(H,26,34)/t18-/m0/s1. The minimum atomic E-state index is -0.564. The summed E-state index contributed by atoms with van der Waals surface area (Å²) >= 11 is 0. The number of nitrogens with one attached hydrogen (secondary N) is 1. The van der Waals surface area contributed by atoms with Gasteiger partial charge in [0.1, 0.15) is 11.9 Å². The van der Waals surface area contributed by atoms with E-state index >= 15 is 4.39 Å². The molecule has 2 amide bonds. The highest BCUT2D eigenvalue weighted by atomic mass is 19.1. The molecule has 2 aliphatic heterocycles. The average molecular weight is 517 g/mol. The van der Waals surface area contributed by atoms with Crippen LogP contribution in [-0.4, -0.2) is 92.5 Å². The molecule has 0 saturated carbocycles. The van der Waals surface area contributed by atoms with Crippen LogP contribution in [-0.2, 0) is 9.53 Å². The highest BCUT2D eigenvalue weighted by Gasteiger charge is 2.33. The quantitative estimate of drug-likeness (QED) is 0.555. The first-order valence-corrected chi connectivity index (χ1v) is 12.2. The molecule has 0 bridgehead atoms. The Hall–Kier alpha value is -3.90. The Morgan fingerprint density at radius 3 is 2.54 bits per heavy atom. The van der Waals surface area contributed by atoms with Gasteiger partial charge in [-0.05, 0) is 32.0 Å². The van der Waals surface area contributed by atoms with Crippen LogP contribution in [0.4, 0.5) is 32.5 Å². The number of aromatic nitrogens is 3. The molecule has 2 aliphatic rings. The van der Waals surface area contributed by atoms with Crippen LogP contribution >= 0.6 is 0 Å². The molecule has 0 unspecified atom stereocenters. The van der Waals surface area contributed by atoms with E-state index in [0.29, 0.717) is 49.5 Å². The van der Waals surface area contributed by atoms with Crippen molar-refractivity contribution in [1.82, 2.24) is 20.3 Å². The number of halogens is 1. The lowest BCUT2D eigenvalue weighted by molar-refractivity contribution is -0.119. The largest absolute Gasteiger partial charge is 0.467 e. The number of nitrogens with zero attached hydrogens (tertiary/aromatic N) is 7. The summed E-state index contributed by atoms with van der Waals surface area (Å²) < 4.78 is 25.7. The number of hydrogen-bond donors (Lipinski definition) is 1. The fourth-order valence-electron chi connectivity index (χ4n) is 4.12. The second-order valence-corrected chi connectivity index (χ2v) is 9.29. The number of benzene rings is 1. The lowest BCUT2D eigenvalue weighted by atomic mass is 10.2. The number of anilines is 4. The number of methoxy groups -OCH3 is 1. The number of carbonyl (C=O) groups excluding carboxylic acids is 2. The summed E-state index contributed by atoms with van der Waals surface area (Å²) in [5.74, 6) is 0.418. The summed E-state index contributed by atoms with van der Waals surface area (Å²) in [5.41, 5.74) is 0.869. The maximum atomic E-state index is 15.2. The fourth-order valence-corrected chi connectivity index (χ4v) is 4.12. The molecule has 0 spiro atoms. The molecule has 0 aliphatic carbocycles. The molecule has 1 N–H and O–H groups in total. The van der Waals surface area contributed by atoms with Gasteiger partial charge in [-0.15, -0.1) is 0 Å². The Balaban J connectivity index is 1.41. The van der Waals surface area contributed by atoms with Gasteiger partial charge in [-0.1, -0.05) is 0 Å². The van der Waals surface area contributed by atoms with Gasteiger partial charge in [0.05, 0.1) is 31.6 Å². The van der Waals surface area contributed by atoms with E-state index in [1.54, 1.807) is 12.1 Å². The molecule has 0 radical (unpaired) electrons. The van der Waals surface area contributed by atoms with Gasteiger partial charge in [0.2, 0.25) is 17.8 Å². The molecule has 2 fully saturated rings. The van der Waals surface area contributed by atoms with Gasteiger partial charge >= 0.3 is 12.1 Å². The number of carbonyl (C=O) groups is 2. The van der Waals surface area contributed by atoms with E-state index in [4.69, 9.17) is 9.47 Å². The maximum Gasteiger partial charge on any atom is 0.414 e. The molecular formula is C24H33FN8O4. The molecule has 3 heterocycles. The molecule has 1 atom stereocenters. The average Bonchev–Trinajstić information content (AvgIpc) is 3.27. The monoisotopic (exact) mass is 516 g/mol. The summed E-state index contributed by atoms with van der Waals surface area (Å²) in [4.78, 5) is 44.1. The van der Waals surface area contributed by atoms with Gasteiger partial charge in [0, 0.05) is 46.2 Å². The van der Waals surface area contributed by atoms with E-state index in [2.05, 4.69) is 20.3 Å². The minimum absolute atomic E-state index is 0.202. The number of piperazine rings is 1. The summed E-state index contributed by atoms with van der Waals surface area (Å²) in [7, 11) is 3.44. The number of rotatable bonds is 8. The van der Waals surface area contributed by atoms with Crippen molar-refractivity contribution in [2.24, 2.45) is 0 Å². The third-order valence-corrected chi connectivity index (χ3v) is 6.46. The molecule has 12 nitrogen and oxygen atoms in total. The zero-order valence-electron chi connectivity index (χ0n) is 21.8. The molecule has 37 heavy (non-hydrogen) atoms. The fraction of sp³-hybridized carbons (Fsp3) is 0.542. The zero-order valence-corrected chi connectivity index (χ0v) is 21.8. The Bertz CT molecular complexity index is 1140. The number of cyclic esters (lactones) is 1. The third-order valence-electron chi connectivity index (χ3n) is 6.46. The van der Waals surface area contributed by atoms with Crippen LogP contribution in [0, 0.1) is 5.82 Å². The molecule has 1 aromatic carbocycles. The van der Waals surface area contributed by atoms with E-state index in [0.717, 1.165) is 0 Å². The van der Waals surface area contributed by atoms with Gasteiger partial charge in [-0.3, -0.25) is 9.69 Å². The molecule has 200 valence electrons. The Morgan fingerprint density at radius 2 is 1.92 bits per heavy atom. The SMILES string of the molecule is COc1nc(N2CCN(c3ccc(N4C[C@H](CNC(C)=O)OC4=O)cc3F)CC2)nc(N(C)C(C)C)n1. The van der Waals surface area contributed by atoms with Crippen molar-refractivity contribution in [3.05, 3.63) is 24.0 Å². The van der Waals surface area contributed by atoms with Crippen LogP contribution in [0.3, 0.4) is 0 Å². The lowest BCUT2D eigenvalue weighted by Gasteiger charge is -2.36. The van der Waals surface area contributed by atoms with Crippen molar-refractivity contribution >= 4 is 35.3 Å². The van der Waals surface area contributed by atoms with Gasteiger partial charge in [0.15, 0.2) is 0 Å². The van der Waals surface area contributed by atoms with Crippen LogP contribution in [0.15, 0.2) is 18.2 Å². The number of ether oxygens (including phenoxy) is 2. The van der Waals surface area contributed by atoms with Crippen molar-refractivity contribution in [2.75, 3.05) is 73.0 Å². The number of hydrogen-bond acceptors (Lipinski definition) is 10. The molecule has 4 rings (SSSR count). The van der Waals surface area contributed by atoms with Crippen molar-refractivity contribution in [1.29, 1.82) is 0 Å². The van der Waals surface area contributed by atoms with Crippen LogP contribution in [0.5, 0.6) is 6.01 Å². The van der Waals surface area contributed by atoms with Crippen LogP contribution < -0.4 is 29.7 Å². The molecule has 1 aromatic heterocycles. The Kier molecular flexibility index (Phi) is 7.79. The second kappa shape index (κ2) is 11.0. The van der Waals surface area contributed by atoms with Gasteiger partial charge in [0.25, 0.3) is 0 Å². The summed E-state index contributed by atoms with van der Waals surface area (Å²) in [6.07, 6.45) is -1.05. The maximum absolute atomic E-state index is 15.2. The Morgan fingerprint density at radius 1 is 1.22 bits per heavy atom. The first-order valence-electron chi connectivity index (χ1n) is 12.2. The number of amides is 2. The highest BCUT2D eigenvalue weighted by Crippen LogP contribution is 2.29. The van der Waals surface area contributed by atoms with Crippen molar-refractivity contribution < 1.29 is 23.5 Å². The lowest BCUT2D eigenvalue weighted by Crippen LogP contribution is -2.47. The molecule has 2 aromatic rings. The molecular weight excluding hydrogens is 483 g/mol. The van der Waals surface area contributed by atoms with Gasteiger partial charge < -0.3 is 29.5 Å². The molecule has 2 saturated heterocycles. The van der Waals surface area contributed by atoms with E-state index < -0.39 is 18.0 Å². The van der Waals surface area contributed by atoms with Crippen molar-refractivity contribution in [3.63, 3.8) is 0 Å². The zero-order chi connectivity index (χ0) is 26.7. The second-order valence-electron chi connectivity index (χ2n) is 9.29. The van der Waals surface area contributed by atoms with Crippen LogP contribution in [0.25, 0.3) is 0 Å². The van der Waals surface area contributed by atoms with Gasteiger partial charge in [-0.25, -0.2) is 9.18 Å². The predicted molar refractivity (Wildman–Crippen MR) is 137 cm³/mol. The third kappa shape index (κ3) is 5.92. The van der Waals surface area contributed by atoms with E-state index in [1.807, 2.05) is 35.6 Å². The molecule has 13 heteroatoms. The van der Waals surface area contributed by atoms with Crippen molar-refractivity contribution in [3.8, 4) is 6.01 Å². The van der Waals surface area contributed by atoms with Crippen LogP contribution in [0.1, 0.15) is 20.8 Å². The van der Waals surface area contributed by atoms with E-state index in [1.165, 1.54) is 25.0 Å².